The van der Waals surface area contributed by atoms with Crippen LogP contribution in [-0.4, -0.2) is 28.2 Å². The summed E-state index contributed by atoms with van der Waals surface area (Å²) in [4.78, 5) is 15.9. The first-order valence-corrected chi connectivity index (χ1v) is 5.09. The topological polar surface area (TPSA) is 45.6 Å². The maximum atomic E-state index is 12.0. The number of rotatable bonds is 2. The molecule has 1 aromatic heterocycles. The van der Waals surface area contributed by atoms with Gasteiger partial charge in [0.1, 0.15) is 0 Å². The first-order valence-electron chi connectivity index (χ1n) is 5.09. The Morgan fingerprint density at radius 2 is 2.53 bits per heavy atom. The molecule has 2 rings (SSSR count). The zero-order chi connectivity index (χ0) is 10.7. The summed E-state index contributed by atoms with van der Waals surface area (Å²) in [5, 5.41) is 5.65. The second kappa shape index (κ2) is 4.21. The molecule has 1 aliphatic heterocycles. The van der Waals surface area contributed by atoms with Gasteiger partial charge in [-0.2, -0.15) is 5.10 Å². The Morgan fingerprint density at radius 3 is 3.20 bits per heavy atom. The van der Waals surface area contributed by atoms with Gasteiger partial charge < -0.3 is 0 Å². The van der Waals surface area contributed by atoms with Crippen LogP contribution in [0.15, 0.2) is 29.6 Å². The van der Waals surface area contributed by atoms with Gasteiger partial charge >= 0.3 is 0 Å². The fraction of sp³-hybridized carbons (Fsp3) is 0.364. The first kappa shape index (κ1) is 9.83. The van der Waals surface area contributed by atoms with Crippen LogP contribution in [0.2, 0.25) is 0 Å². The number of aromatic nitrogens is 1. The molecule has 1 amide bonds. The Morgan fingerprint density at radius 1 is 1.67 bits per heavy atom. The number of hydrogen-bond acceptors (Lipinski definition) is 3. The van der Waals surface area contributed by atoms with Crippen molar-refractivity contribution < 1.29 is 4.79 Å². The van der Waals surface area contributed by atoms with Crippen LogP contribution in [-0.2, 0) is 0 Å². The molecule has 0 saturated heterocycles. The quantitative estimate of drug-likeness (QED) is 0.734. The molecule has 0 spiro atoms. The van der Waals surface area contributed by atoms with Crippen LogP contribution in [0.3, 0.4) is 0 Å². The van der Waals surface area contributed by atoms with E-state index in [4.69, 9.17) is 0 Å². The van der Waals surface area contributed by atoms with Crippen LogP contribution in [0.4, 0.5) is 0 Å². The van der Waals surface area contributed by atoms with Crippen molar-refractivity contribution in [1.82, 2.24) is 9.99 Å². The number of amides is 1. The van der Waals surface area contributed by atoms with Crippen LogP contribution in [0, 0.1) is 0 Å². The van der Waals surface area contributed by atoms with Crippen molar-refractivity contribution >= 4 is 12.1 Å². The summed E-state index contributed by atoms with van der Waals surface area (Å²) in [6.45, 7) is 2.06. The Balaban J connectivity index is 2.18. The third-order valence-electron chi connectivity index (χ3n) is 2.52. The minimum absolute atomic E-state index is 0.0660. The highest BCUT2D eigenvalue weighted by Crippen LogP contribution is 2.17. The van der Waals surface area contributed by atoms with Crippen molar-refractivity contribution in [1.29, 1.82) is 0 Å². The van der Waals surface area contributed by atoms with E-state index in [-0.39, 0.29) is 11.9 Å². The van der Waals surface area contributed by atoms with E-state index in [2.05, 4.69) is 17.0 Å². The number of pyridine rings is 1. The van der Waals surface area contributed by atoms with Crippen molar-refractivity contribution in [3.8, 4) is 0 Å². The Bertz CT molecular complexity index is 375. The first-order chi connectivity index (χ1) is 7.33. The molecule has 0 radical (unpaired) electrons. The highest BCUT2D eigenvalue weighted by atomic mass is 16.2. The number of carbonyl (C=O) groups excluding carboxylic acids is 1. The lowest BCUT2D eigenvalue weighted by Gasteiger charge is -2.20. The Hall–Kier alpha value is -1.71. The summed E-state index contributed by atoms with van der Waals surface area (Å²) in [6, 6.07) is 3.72. The SMILES string of the molecule is CCC1CC=NN1C(=O)c1cccnc1. The third-order valence-corrected chi connectivity index (χ3v) is 2.52. The molecule has 0 bridgehead atoms. The van der Waals surface area contributed by atoms with Crippen LogP contribution in [0.25, 0.3) is 0 Å². The van der Waals surface area contributed by atoms with Gasteiger partial charge in [0.15, 0.2) is 0 Å². The summed E-state index contributed by atoms with van der Waals surface area (Å²) < 4.78 is 0. The van der Waals surface area contributed by atoms with Gasteiger partial charge in [0.25, 0.3) is 5.91 Å². The van der Waals surface area contributed by atoms with Crippen molar-refractivity contribution in [2.24, 2.45) is 5.10 Å². The lowest BCUT2D eigenvalue weighted by atomic mass is 10.1. The van der Waals surface area contributed by atoms with Crippen LogP contribution < -0.4 is 0 Å². The van der Waals surface area contributed by atoms with Crippen molar-refractivity contribution in [3.63, 3.8) is 0 Å². The normalized spacial score (nSPS) is 19.5. The molecule has 1 aromatic rings. The van der Waals surface area contributed by atoms with Gasteiger partial charge in [0, 0.05) is 25.0 Å². The van der Waals surface area contributed by atoms with Crippen LogP contribution in [0.5, 0.6) is 0 Å². The summed E-state index contributed by atoms with van der Waals surface area (Å²) >= 11 is 0. The van der Waals surface area contributed by atoms with Gasteiger partial charge in [0.05, 0.1) is 11.6 Å². The summed E-state index contributed by atoms with van der Waals surface area (Å²) in [6.07, 6.45) is 6.79. The highest BCUT2D eigenvalue weighted by Gasteiger charge is 2.25. The molecule has 2 heterocycles. The van der Waals surface area contributed by atoms with Crippen molar-refractivity contribution in [2.45, 2.75) is 25.8 Å². The van der Waals surface area contributed by atoms with E-state index >= 15 is 0 Å². The molecular weight excluding hydrogens is 190 g/mol. The van der Waals surface area contributed by atoms with E-state index in [1.165, 1.54) is 0 Å². The maximum Gasteiger partial charge on any atom is 0.275 e. The van der Waals surface area contributed by atoms with Gasteiger partial charge in [-0.25, -0.2) is 5.01 Å². The van der Waals surface area contributed by atoms with Gasteiger partial charge in [-0.1, -0.05) is 6.92 Å². The van der Waals surface area contributed by atoms with Gasteiger partial charge in [0.2, 0.25) is 0 Å². The van der Waals surface area contributed by atoms with Gasteiger partial charge in [-0.05, 0) is 18.6 Å². The van der Waals surface area contributed by atoms with Gasteiger partial charge in [-0.15, -0.1) is 0 Å². The molecule has 4 heteroatoms. The Kier molecular flexibility index (Phi) is 2.76. The predicted molar refractivity (Wildman–Crippen MR) is 57.6 cm³/mol. The average Bonchev–Trinajstić information content (AvgIpc) is 2.77. The third kappa shape index (κ3) is 1.88. The van der Waals surface area contributed by atoms with E-state index in [1.807, 2.05) is 0 Å². The van der Waals surface area contributed by atoms with E-state index in [9.17, 15) is 4.79 Å². The molecule has 0 aromatic carbocycles. The lowest BCUT2D eigenvalue weighted by molar-refractivity contribution is 0.0708. The number of carbonyl (C=O) groups is 1. The van der Waals surface area contributed by atoms with E-state index in [0.717, 1.165) is 12.8 Å². The van der Waals surface area contributed by atoms with Gasteiger partial charge in [-0.3, -0.25) is 9.78 Å². The molecule has 0 N–H and O–H groups in total. The fourth-order valence-electron chi connectivity index (χ4n) is 1.63. The van der Waals surface area contributed by atoms with Crippen molar-refractivity contribution in [3.05, 3.63) is 30.1 Å². The molecule has 1 aliphatic rings. The minimum atomic E-state index is -0.0660. The molecule has 15 heavy (non-hydrogen) atoms. The molecule has 0 saturated carbocycles. The monoisotopic (exact) mass is 203 g/mol. The zero-order valence-electron chi connectivity index (χ0n) is 8.63. The standard InChI is InChI=1S/C11H13N3O/c1-2-10-5-7-13-14(10)11(15)9-4-3-6-12-8-9/h3-4,6-8,10H,2,5H2,1H3. The summed E-state index contributed by atoms with van der Waals surface area (Å²) in [5.74, 6) is -0.0660. The molecule has 0 aliphatic carbocycles. The second-order valence-corrected chi connectivity index (χ2v) is 3.49. The number of hydrogen-bond donors (Lipinski definition) is 0. The van der Waals surface area contributed by atoms with Crippen LogP contribution >= 0.6 is 0 Å². The smallest absolute Gasteiger partial charge is 0.267 e. The highest BCUT2D eigenvalue weighted by molar-refractivity contribution is 5.95. The predicted octanol–water partition coefficient (Wildman–Crippen LogP) is 1.69. The number of nitrogens with zero attached hydrogens (tertiary/aromatic N) is 3. The molecule has 4 nitrogen and oxygen atoms in total. The minimum Gasteiger partial charge on any atom is -0.267 e. The maximum absolute atomic E-state index is 12.0. The average molecular weight is 203 g/mol. The molecule has 78 valence electrons. The lowest BCUT2D eigenvalue weighted by Crippen LogP contribution is -2.32. The molecule has 1 unspecified atom stereocenters. The van der Waals surface area contributed by atoms with E-state index in [0.29, 0.717) is 5.56 Å². The van der Waals surface area contributed by atoms with Crippen LogP contribution in [0.1, 0.15) is 30.1 Å². The fourth-order valence-corrected chi connectivity index (χ4v) is 1.63. The summed E-state index contributed by atoms with van der Waals surface area (Å²) in [5.41, 5.74) is 0.593. The molecular formula is C11H13N3O. The molecule has 1 atom stereocenters. The summed E-state index contributed by atoms with van der Waals surface area (Å²) in [7, 11) is 0. The van der Waals surface area contributed by atoms with Crippen molar-refractivity contribution in [2.75, 3.05) is 0 Å². The Labute approximate surface area is 88.6 Å². The van der Waals surface area contributed by atoms with E-state index in [1.54, 1.807) is 35.7 Å². The molecule has 0 fully saturated rings. The second-order valence-electron chi connectivity index (χ2n) is 3.49. The number of hydrazone groups is 1. The van der Waals surface area contributed by atoms with E-state index < -0.39 is 0 Å². The largest absolute Gasteiger partial charge is 0.275 e. The zero-order valence-corrected chi connectivity index (χ0v) is 8.63.